The number of hydrogen-bond acceptors (Lipinski definition) is 3. The van der Waals surface area contributed by atoms with Crippen LogP contribution in [0.3, 0.4) is 0 Å². The zero-order valence-electron chi connectivity index (χ0n) is 13.7. The molecule has 0 saturated heterocycles. The summed E-state index contributed by atoms with van der Waals surface area (Å²) in [6.07, 6.45) is 0. The van der Waals surface area contributed by atoms with Crippen molar-refractivity contribution in [1.82, 2.24) is 15.6 Å². The van der Waals surface area contributed by atoms with Gasteiger partial charge < -0.3 is 10.6 Å². The van der Waals surface area contributed by atoms with Crippen LogP contribution in [0.5, 0.6) is 0 Å². The molecule has 23 heavy (non-hydrogen) atoms. The molecule has 2 rings (SSSR count). The number of guanidine groups is 1. The third-order valence-electron chi connectivity index (χ3n) is 3.39. The van der Waals surface area contributed by atoms with Crippen LogP contribution in [0, 0.1) is 20.8 Å². The van der Waals surface area contributed by atoms with Crippen LogP contribution in [-0.2, 0) is 13.1 Å². The van der Waals surface area contributed by atoms with E-state index in [0.29, 0.717) is 0 Å². The predicted octanol–water partition coefficient (Wildman–Crippen LogP) is 4.31. The van der Waals surface area contributed by atoms with E-state index >= 15 is 0 Å². The van der Waals surface area contributed by atoms with Crippen LogP contribution >= 0.6 is 51.2 Å². The van der Waals surface area contributed by atoms with Crippen LogP contribution in [-0.4, -0.2) is 18.0 Å². The number of rotatable bonds is 4. The summed E-state index contributed by atoms with van der Waals surface area (Å²) in [4.78, 5) is 9.96. The third kappa shape index (κ3) is 6.04. The molecule has 0 saturated carbocycles. The van der Waals surface area contributed by atoms with E-state index in [0.717, 1.165) is 34.2 Å². The molecule has 7 heteroatoms. The third-order valence-corrected chi connectivity index (χ3v) is 4.96. The van der Waals surface area contributed by atoms with E-state index < -0.39 is 0 Å². The first kappa shape index (κ1) is 20.4. The average Bonchev–Trinajstić information content (AvgIpc) is 2.79. The van der Waals surface area contributed by atoms with Crippen LogP contribution in [0.1, 0.15) is 26.7 Å². The molecule has 1 heterocycles. The van der Waals surface area contributed by atoms with Crippen molar-refractivity contribution in [2.75, 3.05) is 7.05 Å². The molecule has 0 aliphatic heterocycles. The van der Waals surface area contributed by atoms with Gasteiger partial charge in [-0.05, 0) is 44.0 Å². The van der Waals surface area contributed by atoms with Gasteiger partial charge in [0, 0.05) is 22.9 Å². The van der Waals surface area contributed by atoms with Gasteiger partial charge in [0.2, 0.25) is 0 Å². The summed E-state index contributed by atoms with van der Waals surface area (Å²) in [5, 5.41) is 7.79. The molecule has 0 atom stereocenters. The van der Waals surface area contributed by atoms with E-state index in [9.17, 15) is 0 Å². The summed E-state index contributed by atoms with van der Waals surface area (Å²) in [7, 11) is 1.79. The maximum absolute atomic E-state index is 4.44. The lowest BCUT2D eigenvalue weighted by Crippen LogP contribution is -2.36. The number of nitrogens with one attached hydrogen (secondary N) is 2. The van der Waals surface area contributed by atoms with Crippen LogP contribution in [0.15, 0.2) is 27.7 Å². The van der Waals surface area contributed by atoms with E-state index in [1.807, 2.05) is 13.8 Å². The quantitative estimate of drug-likeness (QED) is 0.367. The fourth-order valence-corrected chi connectivity index (χ4v) is 3.51. The molecule has 0 aliphatic carbocycles. The lowest BCUT2D eigenvalue weighted by Gasteiger charge is -2.13. The van der Waals surface area contributed by atoms with E-state index in [1.165, 1.54) is 16.0 Å². The Kier molecular flexibility index (Phi) is 8.49. The van der Waals surface area contributed by atoms with Gasteiger partial charge in [-0.2, -0.15) is 0 Å². The molecule has 0 unspecified atom stereocenters. The number of aryl methyl sites for hydroxylation is 3. The first-order chi connectivity index (χ1) is 10.5. The fourth-order valence-electron chi connectivity index (χ4n) is 2.16. The van der Waals surface area contributed by atoms with Gasteiger partial charge in [0.25, 0.3) is 0 Å². The minimum atomic E-state index is 0. The molecule has 0 spiro atoms. The van der Waals surface area contributed by atoms with Crippen molar-refractivity contribution in [2.45, 2.75) is 33.9 Å². The SMILES string of the molecule is CN=C(NCc1ccc(Br)cc1C)NCc1sc(C)nc1C.I. The van der Waals surface area contributed by atoms with Gasteiger partial charge in [-0.3, -0.25) is 4.99 Å². The zero-order valence-corrected chi connectivity index (χ0v) is 18.5. The van der Waals surface area contributed by atoms with E-state index in [-0.39, 0.29) is 24.0 Å². The van der Waals surface area contributed by atoms with Gasteiger partial charge >= 0.3 is 0 Å². The lowest BCUT2D eigenvalue weighted by atomic mass is 10.1. The number of aromatic nitrogens is 1. The fraction of sp³-hybridized carbons (Fsp3) is 0.375. The molecule has 0 bridgehead atoms. The normalized spacial score (nSPS) is 11.1. The molecule has 4 nitrogen and oxygen atoms in total. The van der Waals surface area contributed by atoms with E-state index in [4.69, 9.17) is 0 Å². The molecule has 0 radical (unpaired) electrons. The maximum Gasteiger partial charge on any atom is 0.191 e. The van der Waals surface area contributed by atoms with Crippen molar-refractivity contribution < 1.29 is 0 Å². The average molecular weight is 509 g/mol. The molecule has 0 aliphatic rings. The van der Waals surface area contributed by atoms with Crippen molar-refractivity contribution in [3.05, 3.63) is 49.4 Å². The highest BCUT2D eigenvalue weighted by Gasteiger charge is 2.06. The minimum Gasteiger partial charge on any atom is -0.352 e. The van der Waals surface area contributed by atoms with Gasteiger partial charge in [0.1, 0.15) is 0 Å². The molecule has 1 aromatic heterocycles. The van der Waals surface area contributed by atoms with Crippen molar-refractivity contribution in [3.8, 4) is 0 Å². The van der Waals surface area contributed by atoms with Crippen molar-refractivity contribution in [1.29, 1.82) is 0 Å². The predicted molar refractivity (Wildman–Crippen MR) is 113 cm³/mol. The van der Waals surface area contributed by atoms with Crippen LogP contribution in [0.2, 0.25) is 0 Å². The molecule has 1 aromatic carbocycles. The summed E-state index contributed by atoms with van der Waals surface area (Å²) in [5.41, 5.74) is 3.61. The van der Waals surface area contributed by atoms with Crippen molar-refractivity contribution in [2.24, 2.45) is 4.99 Å². The number of halogens is 2. The summed E-state index contributed by atoms with van der Waals surface area (Å²) >= 11 is 5.21. The zero-order chi connectivity index (χ0) is 16.1. The smallest absolute Gasteiger partial charge is 0.191 e. The molecular formula is C16H22BrIN4S. The summed E-state index contributed by atoms with van der Waals surface area (Å²) in [6, 6.07) is 6.30. The Morgan fingerprint density at radius 2 is 1.91 bits per heavy atom. The van der Waals surface area contributed by atoms with Crippen molar-refractivity contribution in [3.63, 3.8) is 0 Å². The topological polar surface area (TPSA) is 49.3 Å². The van der Waals surface area contributed by atoms with E-state index in [2.05, 4.69) is 61.7 Å². The Morgan fingerprint density at radius 3 is 2.48 bits per heavy atom. The highest BCUT2D eigenvalue weighted by atomic mass is 127. The Balaban J connectivity index is 0.00000264. The monoisotopic (exact) mass is 508 g/mol. The summed E-state index contributed by atoms with van der Waals surface area (Å²) in [6.45, 7) is 7.68. The molecule has 0 fully saturated rings. The summed E-state index contributed by atoms with van der Waals surface area (Å²) in [5.74, 6) is 0.799. The highest BCUT2D eigenvalue weighted by Crippen LogP contribution is 2.17. The largest absolute Gasteiger partial charge is 0.352 e. The first-order valence-corrected chi connectivity index (χ1v) is 8.73. The number of benzene rings is 1. The standard InChI is InChI=1S/C16H21BrN4S.HI/c1-10-7-14(17)6-5-13(10)8-19-16(18-4)20-9-15-11(2)21-12(3)22-15;/h5-7H,8-9H2,1-4H3,(H2,18,19,20);1H. The van der Waals surface area contributed by atoms with Crippen molar-refractivity contribution >= 4 is 57.2 Å². The molecule has 0 amide bonds. The van der Waals surface area contributed by atoms with Gasteiger partial charge in [0.15, 0.2) is 5.96 Å². The Morgan fingerprint density at radius 1 is 1.22 bits per heavy atom. The van der Waals surface area contributed by atoms with Gasteiger partial charge in [-0.25, -0.2) is 4.98 Å². The van der Waals surface area contributed by atoms with Crippen LogP contribution in [0.4, 0.5) is 0 Å². The number of hydrogen-bond donors (Lipinski definition) is 2. The van der Waals surface area contributed by atoms with Gasteiger partial charge in [-0.1, -0.05) is 22.0 Å². The lowest BCUT2D eigenvalue weighted by molar-refractivity contribution is 0.808. The first-order valence-electron chi connectivity index (χ1n) is 7.12. The Labute approximate surface area is 167 Å². The molecule has 126 valence electrons. The highest BCUT2D eigenvalue weighted by molar-refractivity contribution is 14.0. The number of aliphatic imine (C=N–C) groups is 1. The summed E-state index contributed by atoms with van der Waals surface area (Å²) < 4.78 is 1.10. The van der Waals surface area contributed by atoms with Gasteiger partial charge in [0.05, 0.1) is 17.2 Å². The van der Waals surface area contributed by atoms with Crippen LogP contribution in [0.25, 0.3) is 0 Å². The molecular weight excluding hydrogens is 487 g/mol. The minimum absolute atomic E-state index is 0. The molecule has 2 N–H and O–H groups in total. The Hall–Kier alpha value is -0.670. The maximum atomic E-state index is 4.44. The number of thiazole rings is 1. The second-order valence-electron chi connectivity index (χ2n) is 5.09. The Bertz CT molecular complexity index is 685. The van der Waals surface area contributed by atoms with Gasteiger partial charge in [-0.15, -0.1) is 35.3 Å². The second-order valence-corrected chi connectivity index (χ2v) is 7.30. The number of nitrogens with zero attached hydrogens (tertiary/aromatic N) is 2. The molecule has 2 aromatic rings. The second kappa shape index (κ2) is 9.58. The van der Waals surface area contributed by atoms with E-state index in [1.54, 1.807) is 18.4 Å². The van der Waals surface area contributed by atoms with Crippen LogP contribution < -0.4 is 10.6 Å².